The van der Waals surface area contributed by atoms with Gasteiger partial charge in [0.25, 0.3) is 5.69 Å². The van der Waals surface area contributed by atoms with Crippen LogP contribution >= 0.6 is 15.9 Å². The number of guanidine groups is 1. The van der Waals surface area contributed by atoms with Crippen molar-refractivity contribution in [2.24, 2.45) is 4.99 Å². The predicted octanol–water partition coefficient (Wildman–Crippen LogP) is 3.78. The second kappa shape index (κ2) is 8.44. The van der Waals surface area contributed by atoms with Gasteiger partial charge in [0.2, 0.25) is 0 Å². The van der Waals surface area contributed by atoms with Crippen LogP contribution in [-0.4, -0.2) is 17.9 Å². The Kier molecular flexibility index (Phi) is 6.31. The zero-order valence-electron chi connectivity index (χ0n) is 13.5. The maximum Gasteiger partial charge on any atom is 0.269 e. The largest absolute Gasteiger partial charge is 0.352 e. The number of halogens is 1. The molecule has 0 saturated heterocycles. The van der Waals surface area contributed by atoms with Gasteiger partial charge in [0.1, 0.15) is 0 Å². The van der Waals surface area contributed by atoms with Crippen LogP contribution < -0.4 is 10.6 Å². The maximum atomic E-state index is 10.7. The Morgan fingerprint density at radius 1 is 1.25 bits per heavy atom. The van der Waals surface area contributed by atoms with Gasteiger partial charge in [-0.1, -0.05) is 46.3 Å². The lowest BCUT2D eigenvalue weighted by molar-refractivity contribution is -0.384. The molecule has 2 N–H and O–H groups in total. The van der Waals surface area contributed by atoms with Crippen LogP contribution in [0.5, 0.6) is 0 Å². The lowest BCUT2D eigenvalue weighted by atomic mass is 10.1. The van der Waals surface area contributed by atoms with E-state index in [1.165, 1.54) is 12.1 Å². The average Bonchev–Trinajstić information content (AvgIpc) is 2.59. The molecule has 24 heavy (non-hydrogen) atoms. The zero-order chi connectivity index (χ0) is 17.5. The van der Waals surface area contributed by atoms with Gasteiger partial charge in [-0.15, -0.1) is 0 Å². The topological polar surface area (TPSA) is 79.6 Å². The quantitative estimate of drug-likeness (QED) is 0.352. The van der Waals surface area contributed by atoms with Crippen LogP contribution in [-0.2, 0) is 6.54 Å². The minimum absolute atomic E-state index is 0.0728. The highest BCUT2D eigenvalue weighted by Gasteiger charge is 2.10. The van der Waals surface area contributed by atoms with Crippen molar-refractivity contribution >= 4 is 27.6 Å². The molecule has 6 nitrogen and oxygen atoms in total. The number of hydrogen-bond donors (Lipinski definition) is 2. The number of aliphatic imine (C=N–C) groups is 1. The number of nitrogens with zero attached hydrogens (tertiary/aromatic N) is 2. The van der Waals surface area contributed by atoms with Crippen molar-refractivity contribution < 1.29 is 4.92 Å². The molecule has 2 rings (SSSR count). The normalized spacial score (nSPS) is 12.5. The molecule has 0 fully saturated rings. The SMILES string of the molecule is CN=C(NCc1ccc([N+](=O)[O-])cc1)NC(C)c1ccccc1Br. The minimum atomic E-state index is -0.406. The Labute approximate surface area is 149 Å². The number of nitro benzene ring substituents is 1. The van der Waals surface area contributed by atoms with Crippen LogP contribution in [0.25, 0.3) is 0 Å². The summed E-state index contributed by atoms with van der Waals surface area (Å²) < 4.78 is 1.04. The average molecular weight is 391 g/mol. The second-order valence-electron chi connectivity index (χ2n) is 5.24. The summed E-state index contributed by atoms with van der Waals surface area (Å²) in [4.78, 5) is 14.5. The number of benzene rings is 2. The summed E-state index contributed by atoms with van der Waals surface area (Å²) in [5.74, 6) is 0.664. The summed E-state index contributed by atoms with van der Waals surface area (Å²) >= 11 is 3.55. The van der Waals surface area contributed by atoms with Crippen molar-refractivity contribution in [3.05, 3.63) is 74.2 Å². The molecule has 0 saturated carbocycles. The van der Waals surface area contributed by atoms with Gasteiger partial charge in [-0.25, -0.2) is 0 Å². The van der Waals surface area contributed by atoms with Crippen LogP contribution in [0.4, 0.5) is 5.69 Å². The third kappa shape index (κ3) is 4.79. The summed E-state index contributed by atoms with van der Waals surface area (Å²) in [5, 5.41) is 17.2. The summed E-state index contributed by atoms with van der Waals surface area (Å²) in [6, 6.07) is 14.5. The van der Waals surface area contributed by atoms with E-state index in [2.05, 4.69) is 38.5 Å². The van der Waals surface area contributed by atoms with Gasteiger partial charge in [-0.05, 0) is 24.1 Å². The molecule has 0 heterocycles. The third-order valence-corrected chi connectivity index (χ3v) is 4.28. The molecule has 1 unspecified atom stereocenters. The van der Waals surface area contributed by atoms with Gasteiger partial charge in [-0.3, -0.25) is 15.1 Å². The van der Waals surface area contributed by atoms with Gasteiger partial charge in [-0.2, -0.15) is 0 Å². The lowest BCUT2D eigenvalue weighted by Crippen LogP contribution is -2.38. The first-order valence-corrected chi connectivity index (χ1v) is 8.25. The fraction of sp³-hybridized carbons (Fsp3) is 0.235. The predicted molar refractivity (Wildman–Crippen MR) is 99.0 cm³/mol. The van der Waals surface area contributed by atoms with Gasteiger partial charge in [0.05, 0.1) is 11.0 Å². The van der Waals surface area contributed by atoms with E-state index < -0.39 is 4.92 Å². The van der Waals surface area contributed by atoms with Crippen molar-refractivity contribution in [2.45, 2.75) is 19.5 Å². The number of non-ortho nitro benzene ring substituents is 1. The first-order valence-electron chi connectivity index (χ1n) is 7.46. The Balaban J connectivity index is 1.95. The van der Waals surface area contributed by atoms with Crippen molar-refractivity contribution in [3.63, 3.8) is 0 Å². The van der Waals surface area contributed by atoms with Crippen LogP contribution in [0.2, 0.25) is 0 Å². The first kappa shape index (κ1) is 17.9. The van der Waals surface area contributed by atoms with E-state index in [-0.39, 0.29) is 11.7 Å². The second-order valence-corrected chi connectivity index (χ2v) is 6.09. The molecule has 1 atom stereocenters. The van der Waals surface area contributed by atoms with Gasteiger partial charge in [0.15, 0.2) is 5.96 Å². The monoisotopic (exact) mass is 390 g/mol. The molecular weight excluding hydrogens is 372 g/mol. The van der Waals surface area contributed by atoms with Crippen molar-refractivity contribution in [3.8, 4) is 0 Å². The van der Waals surface area contributed by atoms with E-state index in [1.807, 2.05) is 24.3 Å². The fourth-order valence-corrected chi connectivity index (χ4v) is 2.85. The van der Waals surface area contributed by atoms with Crippen molar-refractivity contribution in [1.29, 1.82) is 0 Å². The Hall–Kier alpha value is -2.41. The Morgan fingerprint density at radius 3 is 2.50 bits per heavy atom. The molecule has 0 aliphatic heterocycles. The Bertz CT molecular complexity index is 732. The smallest absolute Gasteiger partial charge is 0.269 e. The highest BCUT2D eigenvalue weighted by molar-refractivity contribution is 9.10. The Morgan fingerprint density at radius 2 is 1.92 bits per heavy atom. The van der Waals surface area contributed by atoms with Crippen LogP contribution in [0, 0.1) is 10.1 Å². The molecule has 2 aromatic carbocycles. The molecule has 0 radical (unpaired) electrons. The van der Waals surface area contributed by atoms with E-state index >= 15 is 0 Å². The summed E-state index contributed by atoms with van der Waals surface area (Å²) in [5.41, 5.74) is 2.16. The first-order chi connectivity index (χ1) is 11.5. The minimum Gasteiger partial charge on any atom is -0.352 e. The molecule has 0 spiro atoms. The molecular formula is C17H19BrN4O2. The molecule has 0 amide bonds. The molecule has 7 heteroatoms. The molecule has 126 valence electrons. The number of nitro groups is 1. The fourth-order valence-electron chi connectivity index (χ4n) is 2.23. The van der Waals surface area contributed by atoms with Gasteiger partial charge >= 0.3 is 0 Å². The van der Waals surface area contributed by atoms with E-state index in [9.17, 15) is 10.1 Å². The van der Waals surface area contributed by atoms with E-state index in [4.69, 9.17) is 0 Å². The number of rotatable bonds is 5. The molecule has 0 aliphatic carbocycles. The van der Waals surface area contributed by atoms with Gasteiger partial charge in [0, 0.05) is 30.2 Å². The highest BCUT2D eigenvalue weighted by atomic mass is 79.9. The van der Waals surface area contributed by atoms with Crippen LogP contribution in [0.15, 0.2) is 58.0 Å². The van der Waals surface area contributed by atoms with E-state index in [0.717, 1.165) is 15.6 Å². The van der Waals surface area contributed by atoms with E-state index in [1.54, 1.807) is 19.2 Å². The van der Waals surface area contributed by atoms with Crippen molar-refractivity contribution in [2.75, 3.05) is 7.05 Å². The van der Waals surface area contributed by atoms with Crippen molar-refractivity contribution in [1.82, 2.24) is 10.6 Å². The van der Waals surface area contributed by atoms with Crippen LogP contribution in [0.3, 0.4) is 0 Å². The van der Waals surface area contributed by atoms with Crippen LogP contribution in [0.1, 0.15) is 24.1 Å². The summed E-state index contributed by atoms with van der Waals surface area (Å²) in [6.45, 7) is 2.58. The molecule has 2 aromatic rings. The maximum absolute atomic E-state index is 10.7. The number of nitrogens with one attached hydrogen (secondary N) is 2. The van der Waals surface area contributed by atoms with Gasteiger partial charge < -0.3 is 10.6 Å². The third-order valence-electron chi connectivity index (χ3n) is 3.56. The van der Waals surface area contributed by atoms with E-state index in [0.29, 0.717) is 12.5 Å². The number of hydrogen-bond acceptors (Lipinski definition) is 3. The lowest BCUT2D eigenvalue weighted by Gasteiger charge is -2.19. The molecule has 0 aliphatic rings. The summed E-state index contributed by atoms with van der Waals surface area (Å²) in [6.07, 6.45) is 0. The zero-order valence-corrected chi connectivity index (χ0v) is 15.1. The molecule has 0 aromatic heterocycles. The highest BCUT2D eigenvalue weighted by Crippen LogP contribution is 2.22. The molecule has 0 bridgehead atoms. The standard InChI is InChI=1S/C17H19BrN4O2/c1-12(15-5-3-4-6-16(15)18)21-17(19-2)20-11-13-7-9-14(10-8-13)22(23)24/h3-10,12H,11H2,1-2H3,(H2,19,20,21). The summed E-state index contributed by atoms with van der Waals surface area (Å²) in [7, 11) is 1.71.